The van der Waals surface area contributed by atoms with Crippen LogP contribution in [0, 0.1) is 0 Å². The molecule has 5 N–H and O–H groups in total. The van der Waals surface area contributed by atoms with Crippen LogP contribution >= 0.6 is 0 Å². The fourth-order valence-electron chi connectivity index (χ4n) is 2.92. The molecule has 0 bridgehead atoms. The van der Waals surface area contributed by atoms with E-state index in [1.54, 1.807) is 16.8 Å². The zero-order valence-electron chi connectivity index (χ0n) is 12.2. The molecule has 0 aliphatic carbocycles. The Morgan fingerprint density at radius 1 is 1.65 bits per heavy atom. The molecular formula is C11H16N8O4. The molecule has 1 aromatic rings. The summed E-state index contributed by atoms with van der Waals surface area (Å²) in [5.41, 5.74) is 14.1. The number of fused-ring (bicyclic) bond motifs is 1. The highest BCUT2D eigenvalue weighted by molar-refractivity contribution is 5.72. The van der Waals surface area contributed by atoms with E-state index in [0.717, 1.165) is 0 Å². The Morgan fingerprint density at radius 3 is 3.04 bits per heavy atom. The van der Waals surface area contributed by atoms with Gasteiger partial charge in [0, 0.05) is 12.0 Å². The van der Waals surface area contributed by atoms with E-state index in [1.165, 1.54) is 0 Å². The fourth-order valence-corrected chi connectivity index (χ4v) is 2.92. The van der Waals surface area contributed by atoms with Gasteiger partial charge < -0.3 is 30.5 Å². The third-order valence-electron chi connectivity index (χ3n) is 3.92. The van der Waals surface area contributed by atoms with Crippen LogP contribution in [0.1, 0.15) is 0 Å². The number of aromatic amines is 1. The smallest absolute Gasteiger partial charge is 0.278 e. The highest BCUT2D eigenvalue weighted by Crippen LogP contribution is 2.36. The van der Waals surface area contributed by atoms with E-state index in [9.17, 15) is 15.0 Å². The number of hydrogen-bond acceptors (Lipinski definition) is 9. The van der Waals surface area contributed by atoms with Gasteiger partial charge in [-0.15, -0.1) is 0 Å². The van der Waals surface area contributed by atoms with Crippen molar-refractivity contribution in [2.24, 2.45) is 5.11 Å². The lowest BCUT2D eigenvalue weighted by atomic mass is 10.1. The summed E-state index contributed by atoms with van der Waals surface area (Å²) in [6.45, 7) is -0.198. The van der Waals surface area contributed by atoms with Crippen LogP contribution in [0.3, 0.4) is 0 Å². The molecule has 0 spiro atoms. The average Bonchev–Trinajstić information content (AvgIpc) is 2.98. The minimum Gasteiger partial charge on any atom is -0.394 e. The molecule has 3 heterocycles. The second-order valence-electron chi connectivity index (χ2n) is 5.37. The van der Waals surface area contributed by atoms with E-state index in [-0.39, 0.29) is 18.4 Å². The first kappa shape index (κ1) is 15.4. The van der Waals surface area contributed by atoms with Crippen LogP contribution in [-0.2, 0) is 4.74 Å². The van der Waals surface area contributed by atoms with Crippen molar-refractivity contribution in [2.75, 3.05) is 35.9 Å². The van der Waals surface area contributed by atoms with Gasteiger partial charge in [-0.25, -0.2) is 0 Å². The summed E-state index contributed by atoms with van der Waals surface area (Å²) >= 11 is 0. The Balaban J connectivity index is 1.99. The molecular weight excluding hydrogens is 308 g/mol. The molecule has 0 radical (unpaired) electrons. The van der Waals surface area contributed by atoms with Gasteiger partial charge in [0.2, 0.25) is 5.95 Å². The fraction of sp³-hybridized carbons (Fsp3) is 0.636. The molecule has 0 amide bonds. The third-order valence-corrected chi connectivity index (χ3v) is 3.92. The summed E-state index contributed by atoms with van der Waals surface area (Å²) in [6, 6.07) is -0.941. The van der Waals surface area contributed by atoms with Crippen molar-refractivity contribution in [3.8, 4) is 0 Å². The van der Waals surface area contributed by atoms with Gasteiger partial charge in [-0.1, -0.05) is 5.11 Å². The van der Waals surface area contributed by atoms with Gasteiger partial charge >= 0.3 is 0 Å². The Kier molecular flexibility index (Phi) is 3.74. The van der Waals surface area contributed by atoms with E-state index in [4.69, 9.17) is 16.0 Å². The molecule has 23 heavy (non-hydrogen) atoms. The number of azide groups is 1. The lowest BCUT2D eigenvalue weighted by molar-refractivity contribution is -0.0105. The van der Waals surface area contributed by atoms with Crippen molar-refractivity contribution in [3.63, 3.8) is 0 Å². The number of ether oxygens (including phenoxy) is 1. The second-order valence-corrected chi connectivity index (χ2v) is 5.37. The molecule has 1 saturated heterocycles. The van der Waals surface area contributed by atoms with Crippen LogP contribution in [0.4, 0.5) is 17.5 Å². The molecule has 0 saturated carbocycles. The van der Waals surface area contributed by atoms with Crippen molar-refractivity contribution in [2.45, 2.75) is 24.5 Å². The van der Waals surface area contributed by atoms with Gasteiger partial charge in [0.1, 0.15) is 11.8 Å². The molecule has 12 nitrogen and oxygen atoms in total. The van der Waals surface area contributed by atoms with Gasteiger partial charge in [0.15, 0.2) is 12.0 Å². The lowest BCUT2D eigenvalue weighted by Crippen LogP contribution is -2.45. The first-order valence-electron chi connectivity index (χ1n) is 6.84. The summed E-state index contributed by atoms with van der Waals surface area (Å²) in [4.78, 5) is 24.4. The predicted molar refractivity (Wildman–Crippen MR) is 79.7 cm³/mol. The third kappa shape index (κ3) is 2.33. The first-order chi connectivity index (χ1) is 11.0. The monoisotopic (exact) mass is 324 g/mol. The van der Waals surface area contributed by atoms with Gasteiger partial charge in [-0.2, -0.15) is 4.98 Å². The molecule has 2 aliphatic heterocycles. The van der Waals surface area contributed by atoms with E-state index >= 15 is 0 Å². The number of nitrogens with one attached hydrogen (secondary N) is 1. The standard InChI is InChI=1S/C11H16N8O4/c1-18-3-19(8-6(18)9(22)15-11(12)14-8)10-7(21)5(16-17-13)4(2-20)23-10/h4-5,7,10,20-21H,2-3H2,1H3,(H3,12,14,15,22)/t4-,5-,7-,10-/m1/s1. The molecule has 4 atom stereocenters. The zero-order chi connectivity index (χ0) is 16.7. The molecule has 3 rings (SSSR count). The van der Waals surface area contributed by atoms with Crippen molar-refractivity contribution < 1.29 is 14.9 Å². The Bertz CT molecular complexity index is 716. The Morgan fingerprint density at radius 2 is 2.39 bits per heavy atom. The summed E-state index contributed by atoms with van der Waals surface area (Å²) in [5.74, 6) is 0.197. The van der Waals surface area contributed by atoms with Gasteiger partial charge in [-0.3, -0.25) is 9.78 Å². The highest BCUT2D eigenvalue weighted by Gasteiger charge is 2.48. The van der Waals surface area contributed by atoms with E-state index in [0.29, 0.717) is 5.69 Å². The molecule has 1 fully saturated rings. The van der Waals surface area contributed by atoms with Crippen molar-refractivity contribution in [1.29, 1.82) is 0 Å². The van der Waals surface area contributed by atoms with Crippen molar-refractivity contribution in [1.82, 2.24) is 9.97 Å². The number of H-pyrrole nitrogens is 1. The number of hydrogen-bond donors (Lipinski definition) is 4. The van der Waals surface area contributed by atoms with Gasteiger partial charge in [0.05, 0.1) is 25.4 Å². The highest BCUT2D eigenvalue weighted by atomic mass is 16.5. The summed E-state index contributed by atoms with van der Waals surface area (Å²) in [6.07, 6.45) is -2.97. The lowest BCUT2D eigenvalue weighted by Gasteiger charge is -2.27. The van der Waals surface area contributed by atoms with Crippen LogP contribution in [0.5, 0.6) is 0 Å². The van der Waals surface area contributed by atoms with Crippen molar-refractivity contribution >= 4 is 17.5 Å². The topological polar surface area (TPSA) is 177 Å². The van der Waals surface area contributed by atoms with E-state index in [1.807, 2.05) is 0 Å². The number of rotatable bonds is 3. The summed E-state index contributed by atoms with van der Waals surface area (Å²) in [5, 5.41) is 23.2. The number of aliphatic hydroxyl groups is 2. The molecule has 1 aromatic heterocycles. The zero-order valence-corrected chi connectivity index (χ0v) is 12.2. The van der Waals surface area contributed by atoms with Crippen LogP contribution in [0.15, 0.2) is 9.91 Å². The maximum atomic E-state index is 12.0. The second kappa shape index (κ2) is 5.59. The Labute approximate surface area is 129 Å². The SMILES string of the molecule is CN1CN([C@@H]2O[C@H](CO)[C@@H](N=[N+]=[N-])[C@H]2O)c2nc(N)[nH]c(=O)c21. The number of nitrogen functional groups attached to an aromatic ring is 1. The van der Waals surface area contributed by atoms with E-state index in [2.05, 4.69) is 20.0 Å². The first-order valence-corrected chi connectivity index (χ1v) is 6.84. The maximum Gasteiger partial charge on any atom is 0.278 e. The van der Waals surface area contributed by atoms with Crippen LogP contribution in [0.2, 0.25) is 0 Å². The predicted octanol–water partition coefficient (Wildman–Crippen LogP) is -1.68. The molecule has 124 valence electrons. The number of aliphatic hydroxyl groups excluding tert-OH is 2. The van der Waals surface area contributed by atoms with Crippen LogP contribution in [-0.4, -0.2) is 65.0 Å². The minimum atomic E-state index is -1.19. The van der Waals surface area contributed by atoms with Crippen LogP contribution in [0.25, 0.3) is 10.4 Å². The average molecular weight is 324 g/mol. The molecule has 2 aliphatic rings. The summed E-state index contributed by atoms with van der Waals surface area (Å²) in [7, 11) is 1.68. The minimum absolute atomic E-state index is 0.0631. The van der Waals surface area contributed by atoms with Crippen molar-refractivity contribution in [3.05, 3.63) is 20.8 Å². The van der Waals surface area contributed by atoms with E-state index < -0.39 is 36.6 Å². The quantitative estimate of drug-likeness (QED) is 0.289. The summed E-state index contributed by atoms with van der Waals surface area (Å²) < 4.78 is 5.60. The van der Waals surface area contributed by atoms with Gasteiger partial charge in [0.25, 0.3) is 5.56 Å². The normalized spacial score (nSPS) is 29.5. The molecule has 12 heteroatoms. The largest absolute Gasteiger partial charge is 0.394 e. The number of nitrogens with two attached hydrogens (primary N) is 1. The van der Waals surface area contributed by atoms with Gasteiger partial charge in [-0.05, 0) is 5.53 Å². The van der Waals surface area contributed by atoms with Crippen LogP contribution < -0.4 is 21.1 Å². The number of anilines is 3. The number of aromatic nitrogens is 2. The molecule has 0 aromatic carbocycles. The Hall–Kier alpha value is -2.53. The maximum absolute atomic E-state index is 12.0. The number of nitrogens with zero attached hydrogens (tertiary/aromatic N) is 6. The molecule has 0 unspecified atom stereocenters.